The quantitative estimate of drug-likeness (QED) is 0.596. The summed E-state index contributed by atoms with van der Waals surface area (Å²) in [6.07, 6.45) is 1.25. The first-order valence-corrected chi connectivity index (χ1v) is 6.06. The standard InChI is InChI=1S/C13H9ClFN5O/c14-9-4-8(6-18-12(9)20-17)13(21)19-11-2-1-7(5-16)3-10(11)15/h1-4,6H,17H2,(H,18,20)(H,19,21). The predicted octanol–water partition coefficient (Wildman–Crippen LogP) is 2.28. The summed E-state index contributed by atoms with van der Waals surface area (Å²) in [5, 5.41) is 11.2. The van der Waals surface area contributed by atoms with E-state index in [1.54, 1.807) is 6.07 Å². The van der Waals surface area contributed by atoms with Crippen molar-refractivity contribution in [2.75, 3.05) is 10.7 Å². The molecule has 0 aliphatic carbocycles. The first-order valence-electron chi connectivity index (χ1n) is 5.68. The molecule has 2 aromatic rings. The van der Waals surface area contributed by atoms with E-state index >= 15 is 0 Å². The maximum Gasteiger partial charge on any atom is 0.257 e. The second-order valence-electron chi connectivity index (χ2n) is 3.96. The van der Waals surface area contributed by atoms with Crippen LogP contribution < -0.4 is 16.6 Å². The van der Waals surface area contributed by atoms with E-state index < -0.39 is 11.7 Å². The van der Waals surface area contributed by atoms with Crippen molar-refractivity contribution in [3.8, 4) is 6.07 Å². The fourth-order valence-electron chi connectivity index (χ4n) is 1.55. The summed E-state index contributed by atoms with van der Waals surface area (Å²) < 4.78 is 13.7. The molecule has 0 radical (unpaired) electrons. The Kier molecular flexibility index (Phi) is 4.33. The summed E-state index contributed by atoms with van der Waals surface area (Å²) >= 11 is 5.85. The number of benzene rings is 1. The lowest BCUT2D eigenvalue weighted by atomic mass is 10.2. The summed E-state index contributed by atoms with van der Waals surface area (Å²) in [4.78, 5) is 15.8. The minimum Gasteiger partial charge on any atom is -0.319 e. The molecule has 106 valence electrons. The molecule has 1 aromatic heterocycles. The lowest BCUT2D eigenvalue weighted by Gasteiger charge is -2.08. The molecule has 1 amide bonds. The number of rotatable bonds is 3. The molecule has 0 spiro atoms. The third-order valence-electron chi connectivity index (χ3n) is 2.59. The fraction of sp³-hybridized carbons (Fsp3) is 0. The number of carbonyl (C=O) groups is 1. The molecular weight excluding hydrogens is 297 g/mol. The smallest absolute Gasteiger partial charge is 0.257 e. The van der Waals surface area contributed by atoms with Crippen LogP contribution >= 0.6 is 11.6 Å². The molecule has 0 aliphatic rings. The van der Waals surface area contributed by atoms with Gasteiger partial charge < -0.3 is 10.7 Å². The molecule has 0 saturated carbocycles. The lowest BCUT2D eigenvalue weighted by molar-refractivity contribution is 0.102. The number of nitrogens with zero attached hydrogens (tertiary/aromatic N) is 2. The van der Waals surface area contributed by atoms with Crippen LogP contribution in [-0.2, 0) is 0 Å². The van der Waals surface area contributed by atoms with Gasteiger partial charge in [-0.3, -0.25) is 4.79 Å². The van der Waals surface area contributed by atoms with Gasteiger partial charge in [-0.05, 0) is 24.3 Å². The van der Waals surface area contributed by atoms with Crippen molar-refractivity contribution >= 4 is 29.0 Å². The van der Waals surface area contributed by atoms with Gasteiger partial charge in [0.15, 0.2) is 5.82 Å². The number of aromatic nitrogens is 1. The topological polar surface area (TPSA) is 104 Å². The zero-order valence-electron chi connectivity index (χ0n) is 10.5. The lowest BCUT2D eigenvalue weighted by Crippen LogP contribution is -2.15. The van der Waals surface area contributed by atoms with E-state index in [1.807, 2.05) is 0 Å². The first-order chi connectivity index (χ1) is 10.0. The SMILES string of the molecule is N#Cc1ccc(NC(=O)c2cnc(NN)c(Cl)c2)c(F)c1. The number of nitrogen functional groups attached to an aromatic ring is 1. The monoisotopic (exact) mass is 305 g/mol. The van der Waals surface area contributed by atoms with Gasteiger partial charge in [-0.2, -0.15) is 5.26 Å². The molecule has 0 unspecified atom stereocenters. The number of amides is 1. The van der Waals surface area contributed by atoms with Crippen LogP contribution in [-0.4, -0.2) is 10.9 Å². The van der Waals surface area contributed by atoms with Crippen molar-refractivity contribution in [2.24, 2.45) is 5.84 Å². The number of halogens is 2. The van der Waals surface area contributed by atoms with Gasteiger partial charge in [0.05, 0.1) is 27.9 Å². The summed E-state index contributed by atoms with van der Waals surface area (Å²) in [7, 11) is 0. The molecule has 0 saturated heterocycles. The number of pyridine rings is 1. The second-order valence-corrected chi connectivity index (χ2v) is 4.37. The molecule has 4 N–H and O–H groups in total. The molecule has 21 heavy (non-hydrogen) atoms. The van der Waals surface area contributed by atoms with E-state index in [2.05, 4.69) is 15.7 Å². The van der Waals surface area contributed by atoms with E-state index in [1.165, 1.54) is 24.4 Å². The molecule has 0 bridgehead atoms. The number of hydrogen-bond donors (Lipinski definition) is 3. The molecular formula is C13H9ClFN5O. The van der Waals surface area contributed by atoms with E-state index in [0.717, 1.165) is 6.07 Å². The average molecular weight is 306 g/mol. The van der Waals surface area contributed by atoms with Gasteiger partial charge >= 0.3 is 0 Å². The highest BCUT2D eigenvalue weighted by Gasteiger charge is 2.12. The van der Waals surface area contributed by atoms with Gasteiger partial charge in [0.1, 0.15) is 5.82 Å². The van der Waals surface area contributed by atoms with Crippen LogP contribution in [0.4, 0.5) is 15.9 Å². The maximum atomic E-state index is 13.7. The van der Waals surface area contributed by atoms with Crippen molar-refractivity contribution in [1.29, 1.82) is 5.26 Å². The zero-order valence-corrected chi connectivity index (χ0v) is 11.3. The number of hydrogen-bond acceptors (Lipinski definition) is 5. The van der Waals surface area contributed by atoms with Gasteiger partial charge in [0, 0.05) is 6.20 Å². The third kappa shape index (κ3) is 3.25. The molecule has 1 aromatic carbocycles. The number of nitrogens with two attached hydrogens (primary N) is 1. The summed E-state index contributed by atoms with van der Waals surface area (Å²) in [6, 6.07) is 6.88. The normalized spacial score (nSPS) is 9.81. The summed E-state index contributed by atoms with van der Waals surface area (Å²) in [5.41, 5.74) is 2.52. The Labute approximate surface area is 124 Å². The van der Waals surface area contributed by atoms with Crippen molar-refractivity contribution in [1.82, 2.24) is 4.98 Å². The molecule has 6 nitrogen and oxygen atoms in total. The van der Waals surface area contributed by atoms with Crippen LogP contribution in [0.5, 0.6) is 0 Å². The Balaban J connectivity index is 2.22. The van der Waals surface area contributed by atoms with Gasteiger partial charge in [0.25, 0.3) is 5.91 Å². The van der Waals surface area contributed by atoms with Crippen LogP contribution in [0.1, 0.15) is 15.9 Å². The Hall–Kier alpha value is -2.69. The molecule has 0 atom stereocenters. The third-order valence-corrected chi connectivity index (χ3v) is 2.87. The van der Waals surface area contributed by atoms with Crippen LogP contribution in [0.25, 0.3) is 0 Å². The van der Waals surface area contributed by atoms with Crippen LogP contribution in [0.15, 0.2) is 30.5 Å². The zero-order chi connectivity index (χ0) is 15.4. The van der Waals surface area contributed by atoms with Crippen LogP contribution in [0.2, 0.25) is 5.02 Å². The van der Waals surface area contributed by atoms with Crippen LogP contribution in [0, 0.1) is 17.1 Å². The molecule has 0 fully saturated rings. The maximum absolute atomic E-state index is 13.7. The minimum absolute atomic E-state index is 0.0452. The minimum atomic E-state index is -0.707. The molecule has 8 heteroatoms. The number of carbonyl (C=O) groups excluding carboxylic acids is 1. The Morgan fingerprint density at radius 3 is 2.76 bits per heavy atom. The van der Waals surface area contributed by atoms with E-state index in [4.69, 9.17) is 22.7 Å². The Bertz CT molecular complexity index is 744. The number of nitrogens with one attached hydrogen (secondary N) is 2. The molecule has 0 aliphatic heterocycles. The highest BCUT2D eigenvalue weighted by molar-refractivity contribution is 6.33. The largest absolute Gasteiger partial charge is 0.319 e. The van der Waals surface area contributed by atoms with Crippen molar-refractivity contribution < 1.29 is 9.18 Å². The van der Waals surface area contributed by atoms with Crippen LogP contribution in [0.3, 0.4) is 0 Å². The highest BCUT2D eigenvalue weighted by atomic mass is 35.5. The van der Waals surface area contributed by atoms with Gasteiger partial charge in [0.2, 0.25) is 0 Å². The average Bonchev–Trinajstić information content (AvgIpc) is 2.49. The van der Waals surface area contributed by atoms with Gasteiger partial charge in [-0.15, -0.1) is 0 Å². The number of anilines is 2. The van der Waals surface area contributed by atoms with E-state index in [9.17, 15) is 9.18 Å². The van der Waals surface area contributed by atoms with E-state index in [-0.39, 0.29) is 27.7 Å². The number of hydrazine groups is 1. The Morgan fingerprint density at radius 2 is 2.19 bits per heavy atom. The molecule has 1 heterocycles. The summed E-state index contributed by atoms with van der Waals surface area (Å²) in [5.74, 6) is 4.10. The van der Waals surface area contributed by atoms with Gasteiger partial charge in [-0.1, -0.05) is 11.6 Å². The van der Waals surface area contributed by atoms with Gasteiger partial charge in [-0.25, -0.2) is 15.2 Å². The van der Waals surface area contributed by atoms with Crippen molar-refractivity contribution in [3.63, 3.8) is 0 Å². The first kappa shape index (κ1) is 14.7. The fourth-order valence-corrected chi connectivity index (χ4v) is 1.77. The predicted molar refractivity (Wildman–Crippen MR) is 76.1 cm³/mol. The Morgan fingerprint density at radius 1 is 1.43 bits per heavy atom. The highest BCUT2D eigenvalue weighted by Crippen LogP contribution is 2.21. The van der Waals surface area contributed by atoms with Crippen molar-refractivity contribution in [3.05, 3.63) is 52.4 Å². The van der Waals surface area contributed by atoms with E-state index in [0.29, 0.717) is 0 Å². The molecule has 2 rings (SSSR count). The number of nitriles is 1. The second kappa shape index (κ2) is 6.17. The van der Waals surface area contributed by atoms with Crippen molar-refractivity contribution in [2.45, 2.75) is 0 Å². The summed E-state index contributed by atoms with van der Waals surface area (Å²) in [6.45, 7) is 0.